The molecule has 138 valence electrons. The predicted octanol–water partition coefficient (Wildman–Crippen LogP) is 2.60. The van der Waals surface area contributed by atoms with Crippen LogP contribution in [0.4, 0.5) is 4.79 Å². The normalized spacial score (nSPS) is 16.5. The number of allylic oxidation sites excluding steroid dienone is 2. The Kier molecular flexibility index (Phi) is 7.95. The van der Waals surface area contributed by atoms with Gasteiger partial charge in [-0.3, -0.25) is 19.7 Å². The van der Waals surface area contributed by atoms with Gasteiger partial charge in [0.25, 0.3) is 5.24 Å². The standard InChI is InChI=1S/C19H22N2O4S/c1-2-3-4-5-6-17(22)20-11-12-25-15-9-7-14(8-10-15)13-16-18(23)21-19(24)26-16/h2,5-10,16H,1,3-4,11-13H2,(H,20,22)(H,21,23,24)/b6-5+. The van der Waals surface area contributed by atoms with Crippen molar-refractivity contribution in [3.63, 3.8) is 0 Å². The van der Waals surface area contributed by atoms with E-state index in [2.05, 4.69) is 17.2 Å². The third-order valence-electron chi connectivity index (χ3n) is 3.59. The number of benzene rings is 1. The molecule has 1 unspecified atom stereocenters. The number of carbonyl (C=O) groups excluding carboxylic acids is 3. The van der Waals surface area contributed by atoms with E-state index in [0.717, 1.165) is 30.2 Å². The lowest BCUT2D eigenvalue weighted by atomic mass is 10.1. The van der Waals surface area contributed by atoms with E-state index < -0.39 is 0 Å². The first-order chi connectivity index (χ1) is 12.6. The Morgan fingerprint density at radius 1 is 1.27 bits per heavy atom. The monoisotopic (exact) mass is 374 g/mol. The van der Waals surface area contributed by atoms with Gasteiger partial charge in [-0.2, -0.15) is 0 Å². The second-order valence-electron chi connectivity index (χ2n) is 5.64. The van der Waals surface area contributed by atoms with Crippen molar-refractivity contribution in [1.29, 1.82) is 0 Å². The van der Waals surface area contributed by atoms with E-state index in [1.807, 2.05) is 36.4 Å². The SMILES string of the molecule is C=CCC/C=C/C(=O)NCCOc1ccc(CC2SC(=O)NC2=O)cc1. The average molecular weight is 374 g/mol. The van der Waals surface area contributed by atoms with Crippen molar-refractivity contribution in [1.82, 2.24) is 10.6 Å². The van der Waals surface area contributed by atoms with Crippen LogP contribution in [0.1, 0.15) is 18.4 Å². The highest BCUT2D eigenvalue weighted by atomic mass is 32.2. The van der Waals surface area contributed by atoms with E-state index in [1.165, 1.54) is 6.08 Å². The molecule has 1 aliphatic rings. The molecule has 1 saturated heterocycles. The van der Waals surface area contributed by atoms with Crippen LogP contribution in [0.2, 0.25) is 0 Å². The van der Waals surface area contributed by atoms with E-state index in [1.54, 1.807) is 0 Å². The Bertz CT molecular complexity index is 685. The minimum Gasteiger partial charge on any atom is -0.492 e. The van der Waals surface area contributed by atoms with Gasteiger partial charge in [0.15, 0.2) is 0 Å². The quantitative estimate of drug-likeness (QED) is 0.374. The number of hydrogen-bond donors (Lipinski definition) is 2. The van der Waals surface area contributed by atoms with Crippen molar-refractivity contribution in [3.05, 3.63) is 54.6 Å². The summed E-state index contributed by atoms with van der Waals surface area (Å²) >= 11 is 1.02. The minimum absolute atomic E-state index is 0.144. The fourth-order valence-electron chi connectivity index (χ4n) is 2.27. The number of hydrogen-bond acceptors (Lipinski definition) is 5. The zero-order valence-electron chi connectivity index (χ0n) is 14.4. The zero-order valence-corrected chi connectivity index (χ0v) is 15.2. The van der Waals surface area contributed by atoms with Gasteiger partial charge in [0, 0.05) is 0 Å². The number of nitrogens with one attached hydrogen (secondary N) is 2. The Hall–Kier alpha value is -2.54. The summed E-state index contributed by atoms with van der Waals surface area (Å²) in [7, 11) is 0. The average Bonchev–Trinajstić information content (AvgIpc) is 2.94. The van der Waals surface area contributed by atoms with Gasteiger partial charge >= 0.3 is 0 Å². The highest BCUT2D eigenvalue weighted by Crippen LogP contribution is 2.23. The number of carbonyl (C=O) groups is 3. The van der Waals surface area contributed by atoms with Crippen molar-refractivity contribution >= 4 is 28.8 Å². The second kappa shape index (κ2) is 10.5. The Balaban J connectivity index is 1.67. The van der Waals surface area contributed by atoms with Crippen molar-refractivity contribution in [2.75, 3.05) is 13.2 Å². The molecular weight excluding hydrogens is 352 g/mol. The molecular formula is C19H22N2O4S. The van der Waals surface area contributed by atoms with E-state index in [9.17, 15) is 14.4 Å². The van der Waals surface area contributed by atoms with Crippen LogP contribution < -0.4 is 15.4 Å². The van der Waals surface area contributed by atoms with Crippen LogP contribution in [0.25, 0.3) is 0 Å². The van der Waals surface area contributed by atoms with Gasteiger partial charge in [-0.05, 0) is 43.0 Å². The molecule has 6 nitrogen and oxygen atoms in total. The lowest BCUT2D eigenvalue weighted by Crippen LogP contribution is -2.26. The molecule has 0 aliphatic carbocycles. The fourth-order valence-corrected chi connectivity index (χ4v) is 3.13. The molecule has 0 bridgehead atoms. The van der Waals surface area contributed by atoms with E-state index in [0.29, 0.717) is 25.3 Å². The van der Waals surface area contributed by atoms with Crippen LogP contribution in [-0.2, 0) is 16.0 Å². The van der Waals surface area contributed by atoms with Crippen LogP contribution >= 0.6 is 11.8 Å². The summed E-state index contributed by atoms with van der Waals surface area (Å²) in [5, 5.41) is 4.36. The molecule has 2 N–H and O–H groups in total. The number of imide groups is 1. The van der Waals surface area contributed by atoms with Gasteiger partial charge in [0.2, 0.25) is 11.8 Å². The molecule has 1 aromatic carbocycles. The molecule has 0 spiro atoms. The summed E-state index contributed by atoms with van der Waals surface area (Å²) in [6.45, 7) is 4.39. The molecule has 26 heavy (non-hydrogen) atoms. The summed E-state index contributed by atoms with van der Waals surface area (Å²) in [4.78, 5) is 34.3. The van der Waals surface area contributed by atoms with E-state index >= 15 is 0 Å². The van der Waals surface area contributed by atoms with Crippen LogP contribution in [-0.4, -0.2) is 35.5 Å². The van der Waals surface area contributed by atoms with Gasteiger partial charge in [0.1, 0.15) is 12.4 Å². The molecule has 1 aromatic rings. The lowest BCUT2D eigenvalue weighted by Gasteiger charge is -2.09. The maximum absolute atomic E-state index is 11.6. The highest BCUT2D eigenvalue weighted by Gasteiger charge is 2.31. The number of amides is 3. The maximum atomic E-state index is 11.6. The van der Waals surface area contributed by atoms with Crippen LogP contribution in [0, 0.1) is 0 Å². The third kappa shape index (κ3) is 6.76. The molecule has 1 fully saturated rings. The van der Waals surface area contributed by atoms with E-state index in [4.69, 9.17) is 4.74 Å². The number of thioether (sulfide) groups is 1. The van der Waals surface area contributed by atoms with E-state index in [-0.39, 0.29) is 22.3 Å². The molecule has 1 aliphatic heterocycles. The van der Waals surface area contributed by atoms with Gasteiger partial charge in [-0.1, -0.05) is 36.0 Å². The number of unbranched alkanes of at least 4 members (excludes halogenated alkanes) is 1. The van der Waals surface area contributed by atoms with Crippen molar-refractivity contribution in [2.24, 2.45) is 0 Å². The molecule has 0 saturated carbocycles. The first kappa shape index (κ1) is 19.8. The molecule has 0 radical (unpaired) electrons. The number of rotatable bonds is 10. The number of ether oxygens (including phenoxy) is 1. The highest BCUT2D eigenvalue weighted by molar-refractivity contribution is 8.15. The largest absolute Gasteiger partial charge is 0.492 e. The van der Waals surface area contributed by atoms with Gasteiger partial charge in [-0.25, -0.2) is 0 Å². The second-order valence-corrected chi connectivity index (χ2v) is 6.81. The fraction of sp³-hybridized carbons (Fsp3) is 0.316. The summed E-state index contributed by atoms with van der Waals surface area (Å²) in [6, 6.07) is 7.36. The van der Waals surface area contributed by atoms with Crippen molar-refractivity contribution in [2.45, 2.75) is 24.5 Å². The molecule has 0 aromatic heterocycles. The van der Waals surface area contributed by atoms with Crippen molar-refractivity contribution < 1.29 is 19.1 Å². The molecule has 1 heterocycles. The molecule has 2 rings (SSSR count). The topological polar surface area (TPSA) is 84.5 Å². The first-order valence-electron chi connectivity index (χ1n) is 8.37. The van der Waals surface area contributed by atoms with Gasteiger partial charge in [0.05, 0.1) is 11.8 Å². The van der Waals surface area contributed by atoms with Crippen LogP contribution in [0.5, 0.6) is 5.75 Å². The van der Waals surface area contributed by atoms with Gasteiger partial charge < -0.3 is 10.1 Å². The first-order valence-corrected chi connectivity index (χ1v) is 9.25. The smallest absolute Gasteiger partial charge is 0.286 e. The predicted molar refractivity (Wildman–Crippen MR) is 102 cm³/mol. The molecule has 7 heteroatoms. The molecule has 3 amide bonds. The zero-order chi connectivity index (χ0) is 18.8. The Labute approximate surface area is 157 Å². The van der Waals surface area contributed by atoms with Crippen molar-refractivity contribution in [3.8, 4) is 5.75 Å². The molecule has 1 atom stereocenters. The minimum atomic E-state index is -0.371. The lowest BCUT2D eigenvalue weighted by molar-refractivity contribution is -0.119. The summed E-state index contributed by atoms with van der Waals surface area (Å²) in [5.41, 5.74) is 0.956. The van der Waals surface area contributed by atoms with Crippen LogP contribution in [0.15, 0.2) is 49.1 Å². The van der Waals surface area contributed by atoms with Gasteiger partial charge in [-0.15, -0.1) is 6.58 Å². The maximum Gasteiger partial charge on any atom is 0.286 e. The summed E-state index contributed by atoms with van der Waals surface area (Å²) in [5.74, 6) is 0.300. The Morgan fingerprint density at radius 3 is 2.69 bits per heavy atom. The summed E-state index contributed by atoms with van der Waals surface area (Å²) in [6.07, 6.45) is 7.28. The van der Waals surface area contributed by atoms with Crippen LogP contribution in [0.3, 0.4) is 0 Å². The third-order valence-corrected chi connectivity index (χ3v) is 4.57. The Morgan fingerprint density at radius 2 is 2.04 bits per heavy atom. The summed E-state index contributed by atoms with van der Waals surface area (Å²) < 4.78 is 5.57.